The minimum absolute atomic E-state index is 0.00855. The lowest BCUT2D eigenvalue weighted by molar-refractivity contribution is -0.301. The number of aromatic nitrogens is 2. The van der Waals surface area contributed by atoms with E-state index in [4.69, 9.17) is 9.78 Å². The Hall–Kier alpha value is -3.70. The molecular weight excluding hydrogens is 523 g/mol. The maximum Gasteiger partial charge on any atom is 0.419 e. The Morgan fingerprint density at radius 2 is 1.70 bits per heavy atom. The Bertz CT molecular complexity index is 1300. The van der Waals surface area contributed by atoms with Crippen LogP contribution in [-0.2, 0) is 28.8 Å². The first-order valence-electron chi connectivity index (χ1n) is 13.1. The van der Waals surface area contributed by atoms with E-state index < -0.39 is 23.3 Å². The summed E-state index contributed by atoms with van der Waals surface area (Å²) in [6, 6.07) is 14.2. The Morgan fingerprint density at radius 3 is 2.35 bits per heavy atom. The number of nitrogens with one attached hydrogen (secondary N) is 1. The van der Waals surface area contributed by atoms with E-state index in [0.29, 0.717) is 11.3 Å². The summed E-state index contributed by atoms with van der Waals surface area (Å²) in [5, 5.41) is 3.02. The zero-order valence-corrected chi connectivity index (χ0v) is 23.1. The number of carbonyl (C=O) groups is 1. The number of halogens is 3. The van der Waals surface area contributed by atoms with Gasteiger partial charge in [-0.2, -0.15) is 18.1 Å². The first kappa shape index (κ1) is 29.3. The smallest absolute Gasteiger partial charge is 0.369 e. The van der Waals surface area contributed by atoms with Crippen molar-refractivity contribution in [1.82, 2.24) is 14.9 Å². The second-order valence-electron chi connectivity index (χ2n) is 10.8. The number of nitrogens with zero attached hydrogens (tertiary/aromatic N) is 4. The van der Waals surface area contributed by atoms with Crippen molar-refractivity contribution in [2.75, 3.05) is 43.4 Å². The number of aryl methyl sites for hydroxylation is 2. The number of alkyl halides is 3. The van der Waals surface area contributed by atoms with Gasteiger partial charge in [0.15, 0.2) is 0 Å². The number of likely N-dealkylation sites (N-methyl/N-ethyl adjacent to an activating group) is 1. The number of hydrogen-bond donors (Lipinski definition) is 1. The van der Waals surface area contributed by atoms with Gasteiger partial charge < -0.3 is 15.1 Å². The van der Waals surface area contributed by atoms with Crippen LogP contribution >= 0.6 is 0 Å². The van der Waals surface area contributed by atoms with Gasteiger partial charge in [0.05, 0.1) is 16.8 Å². The molecule has 4 rings (SSSR count). The van der Waals surface area contributed by atoms with Crippen LogP contribution in [0, 0.1) is 0 Å². The average Bonchev–Trinajstić information content (AvgIpc) is 2.91. The van der Waals surface area contributed by atoms with Crippen LogP contribution in [0.5, 0.6) is 0 Å². The van der Waals surface area contributed by atoms with Crippen molar-refractivity contribution in [3.8, 4) is 0 Å². The number of carbonyl (C=O) groups excluding carboxylic acids is 1. The molecule has 2 aromatic carbocycles. The fraction of sp³-hybridized carbons (Fsp3) is 0.414. The van der Waals surface area contributed by atoms with Gasteiger partial charge in [0, 0.05) is 43.8 Å². The van der Waals surface area contributed by atoms with Crippen LogP contribution < -0.4 is 10.2 Å². The number of rotatable bonds is 8. The van der Waals surface area contributed by atoms with Crippen LogP contribution in [0.2, 0.25) is 0 Å². The van der Waals surface area contributed by atoms with Gasteiger partial charge in [-0.25, -0.2) is 14.8 Å². The van der Waals surface area contributed by atoms with Gasteiger partial charge in [0.25, 0.3) is 0 Å². The molecule has 8 nitrogen and oxygen atoms in total. The summed E-state index contributed by atoms with van der Waals surface area (Å²) in [6.07, 6.45) is -3.58. The van der Waals surface area contributed by atoms with E-state index in [1.807, 2.05) is 24.3 Å². The fourth-order valence-corrected chi connectivity index (χ4v) is 4.18. The quantitative estimate of drug-likeness (QED) is 0.281. The van der Waals surface area contributed by atoms with Gasteiger partial charge in [0.2, 0.25) is 5.95 Å². The van der Waals surface area contributed by atoms with Crippen molar-refractivity contribution in [2.24, 2.45) is 0 Å². The Kier molecular flexibility index (Phi) is 8.95. The first-order valence-corrected chi connectivity index (χ1v) is 13.1. The van der Waals surface area contributed by atoms with Gasteiger partial charge >= 0.3 is 12.1 Å². The predicted molar refractivity (Wildman–Crippen MR) is 147 cm³/mol. The van der Waals surface area contributed by atoms with Crippen molar-refractivity contribution in [3.63, 3.8) is 0 Å². The summed E-state index contributed by atoms with van der Waals surface area (Å²) in [4.78, 5) is 35.0. The normalized spacial score (nSPS) is 14.7. The van der Waals surface area contributed by atoms with E-state index in [-0.39, 0.29) is 30.0 Å². The summed E-state index contributed by atoms with van der Waals surface area (Å²) in [5.74, 6) is -0.605. The van der Waals surface area contributed by atoms with Crippen molar-refractivity contribution < 1.29 is 27.7 Å². The zero-order valence-electron chi connectivity index (χ0n) is 23.1. The summed E-state index contributed by atoms with van der Waals surface area (Å²) in [6.45, 7) is 9.06. The monoisotopic (exact) mass is 557 g/mol. The molecule has 0 saturated carbocycles. The Balaban J connectivity index is 1.45. The largest absolute Gasteiger partial charge is 0.419 e. The minimum Gasteiger partial charge on any atom is -0.369 e. The maximum absolute atomic E-state index is 13.7. The number of anilines is 3. The molecule has 0 atom stereocenters. The number of piperazine rings is 1. The summed E-state index contributed by atoms with van der Waals surface area (Å²) in [7, 11) is 2.10. The third-order valence-electron chi connectivity index (χ3n) is 6.35. The van der Waals surface area contributed by atoms with Crippen molar-refractivity contribution >= 4 is 23.3 Å². The summed E-state index contributed by atoms with van der Waals surface area (Å²) >= 11 is 0. The lowest BCUT2D eigenvalue weighted by Crippen LogP contribution is -2.44. The van der Waals surface area contributed by atoms with Crippen LogP contribution in [0.15, 0.2) is 54.7 Å². The van der Waals surface area contributed by atoms with E-state index in [1.165, 1.54) is 0 Å². The molecule has 1 fully saturated rings. The van der Waals surface area contributed by atoms with E-state index in [2.05, 4.69) is 32.1 Å². The molecular formula is C29H34F3N5O3. The molecule has 0 radical (unpaired) electrons. The highest BCUT2D eigenvalue weighted by molar-refractivity contribution is 5.89. The molecule has 1 aliphatic rings. The third kappa shape index (κ3) is 8.15. The Morgan fingerprint density at radius 1 is 1.00 bits per heavy atom. The van der Waals surface area contributed by atoms with Gasteiger partial charge in [-0.05, 0) is 82.6 Å². The molecule has 1 saturated heterocycles. The topological polar surface area (TPSA) is 79.8 Å². The highest BCUT2D eigenvalue weighted by Crippen LogP contribution is 2.32. The van der Waals surface area contributed by atoms with Crippen LogP contribution in [0.3, 0.4) is 0 Å². The van der Waals surface area contributed by atoms with Gasteiger partial charge in [-0.1, -0.05) is 12.1 Å². The highest BCUT2D eigenvalue weighted by Gasteiger charge is 2.35. The summed E-state index contributed by atoms with van der Waals surface area (Å²) < 4.78 is 41.2. The molecule has 1 aliphatic heterocycles. The number of hydrogen-bond acceptors (Lipinski definition) is 8. The second-order valence-corrected chi connectivity index (χ2v) is 10.8. The van der Waals surface area contributed by atoms with E-state index >= 15 is 0 Å². The second kappa shape index (κ2) is 12.2. The molecule has 0 aliphatic carbocycles. The molecule has 40 heavy (non-hydrogen) atoms. The molecule has 3 aromatic rings. The molecule has 1 N–H and O–H groups in total. The standard InChI is InChI=1S/C29H34F3N5O3/c1-28(2,3)40-39-26(38)21-7-5-6-20(18-21)8-13-25-24(29(30,31)32)19-33-27(35-25)34-22-9-11-23(12-10-22)37-16-14-36(4)15-17-37/h5-7,9-12,18-19H,8,13-17H2,1-4H3,(H,33,34,35). The van der Waals surface area contributed by atoms with Crippen LogP contribution in [-0.4, -0.2) is 59.7 Å². The van der Waals surface area contributed by atoms with Crippen LogP contribution in [0.1, 0.15) is 48.0 Å². The minimum atomic E-state index is -4.60. The van der Waals surface area contributed by atoms with Crippen LogP contribution in [0.4, 0.5) is 30.5 Å². The third-order valence-corrected chi connectivity index (χ3v) is 6.35. The van der Waals surface area contributed by atoms with Gasteiger partial charge in [-0.15, -0.1) is 0 Å². The molecule has 2 heterocycles. The van der Waals surface area contributed by atoms with Gasteiger partial charge in [-0.3, -0.25) is 4.89 Å². The predicted octanol–water partition coefficient (Wildman–Crippen LogP) is 5.66. The molecule has 0 unspecified atom stereocenters. The van der Waals surface area contributed by atoms with Crippen molar-refractivity contribution in [1.29, 1.82) is 0 Å². The van der Waals surface area contributed by atoms with E-state index in [1.54, 1.807) is 45.0 Å². The molecule has 0 amide bonds. The van der Waals surface area contributed by atoms with Crippen LogP contribution in [0.25, 0.3) is 0 Å². The SMILES string of the molecule is CN1CCN(c2ccc(Nc3ncc(C(F)(F)F)c(CCc4cccc(C(=O)OOC(C)(C)C)c4)n3)cc2)CC1. The fourth-order valence-electron chi connectivity index (χ4n) is 4.18. The molecule has 1 aromatic heterocycles. The maximum atomic E-state index is 13.7. The van der Waals surface area contributed by atoms with E-state index in [9.17, 15) is 18.0 Å². The average molecular weight is 558 g/mol. The van der Waals surface area contributed by atoms with Crippen molar-refractivity contribution in [3.05, 3.63) is 77.1 Å². The van der Waals surface area contributed by atoms with Gasteiger partial charge in [0.1, 0.15) is 5.60 Å². The molecule has 11 heteroatoms. The zero-order chi connectivity index (χ0) is 28.9. The molecule has 0 bridgehead atoms. The lowest BCUT2D eigenvalue weighted by atomic mass is 10.0. The van der Waals surface area contributed by atoms with E-state index in [0.717, 1.165) is 38.1 Å². The number of benzene rings is 2. The highest BCUT2D eigenvalue weighted by atomic mass is 19.4. The Labute approximate surface area is 232 Å². The molecule has 0 spiro atoms. The first-order chi connectivity index (χ1) is 18.9. The summed E-state index contributed by atoms with van der Waals surface area (Å²) in [5.41, 5.74) is 0.956. The van der Waals surface area contributed by atoms with Crippen molar-refractivity contribution in [2.45, 2.75) is 45.4 Å². The molecule has 214 valence electrons. The lowest BCUT2D eigenvalue weighted by Gasteiger charge is -2.34.